The van der Waals surface area contributed by atoms with Crippen molar-refractivity contribution in [2.75, 3.05) is 0 Å². The van der Waals surface area contributed by atoms with Gasteiger partial charge in [-0.2, -0.15) is 0 Å². The number of fused-ring (bicyclic) bond motifs is 1. The molecule has 0 spiro atoms. The number of Topliss-reactive ketones (excluding diaryl/α,β-unsaturated/α-hetero) is 1. The van der Waals surface area contributed by atoms with E-state index >= 15 is 0 Å². The number of benzene rings is 2. The van der Waals surface area contributed by atoms with Gasteiger partial charge in [-0.25, -0.2) is 4.79 Å². The van der Waals surface area contributed by atoms with E-state index in [1.165, 1.54) is 23.3 Å². The van der Waals surface area contributed by atoms with Gasteiger partial charge in [0.05, 0.1) is 17.4 Å². The average molecular weight is 442 g/mol. The first kappa shape index (κ1) is 20.3. The Morgan fingerprint density at radius 3 is 2.45 bits per heavy atom. The fourth-order valence-electron chi connectivity index (χ4n) is 4.15. The number of carbonyl (C=O) groups is 3. The normalized spacial score (nSPS) is 17.7. The number of ketones is 1. The zero-order valence-electron chi connectivity index (χ0n) is 17.2. The topological polar surface area (TPSA) is 124 Å². The summed E-state index contributed by atoms with van der Waals surface area (Å²) in [4.78, 5) is 41.6. The van der Waals surface area contributed by atoms with Gasteiger partial charge in [0.2, 0.25) is 0 Å². The van der Waals surface area contributed by atoms with Crippen LogP contribution in [-0.4, -0.2) is 37.8 Å². The van der Waals surface area contributed by atoms with Crippen molar-refractivity contribution in [1.29, 1.82) is 0 Å². The van der Waals surface area contributed by atoms with Crippen molar-refractivity contribution in [2.24, 2.45) is 0 Å². The number of likely N-dealkylation sites (tertiary alicyclic amines) is 1. The predicted octanol–water partition coefficient (Wildman–Crippen LogP) is 4.08. The number of aromatic amines is 1. The number of carboxylic acids is 1. The number of aliphatic hydroxyl groups excluding tert-OH is 1. The Morgan fingerprint density at radius 1 is 1.00 bits per heavy atom. The maximum Gasteiger partial charge on any atom is 0.335 e. The number of carbonyl (C=O) groups excluding carboxylic acids is 2. The van der Waals surface area contributed by atoms with Crippen LogP contribution < -0.4 is 0 Å². The molecule has 1 aliphatic rings. The SMILES string of the molecule is O=C1C(=O)N(Cc2ccc(C(=O)O)cc2)C(c2ccco2)/C1=C(/O)c1c[nH]c2ccccc12. The fraction of sp³-hybridized carbons (Fsp3) is 0.0800. The number of aliphatic hydroxyl groups is 1. The number of amides is 1. The average Bonchev–Trinajstić information content (AvgIpc) is 3.54. The van der Waals surface area contributed by atoms with E-state index in [0.717, 1.165) is 5.52 Å². The molecule has 2 aromatic heterocycles. The van der Waals surface area contributed by atoms with Crippen LogP contribution in [-0.2, 0) is 16.1 Å². The highest BCUT2D eigenvalue weighted by Crippen LogP contribution is 2.41. The van der Waals surface area contributed by atoms with Crippen LogP contribution >= 0.6 is 0 Å². The molecule has 0 saturated carbocycles. The lowest BCUT2D eigenvalue weighted by atomic mass is 9.99. The third-order valence-electron chi connectivity index (χ3n) is 5.75. The van der Waals surface area contributed by atoms with Gasteiger partial charge in [0.15, 0.2) is 0 Å². The minimum Gasteiger partial charge on any atom is -0.507 e. The number of nitrogens with one attached hydrogen (secondary N) is 1. The summed E-state index contributed by atoms with van der Waals surface area (Å²) >= 11 is 0. The first-order valence-electron chi connectivity index (χ1n) is 10.2. The molecule has 1 unspecified atom stereocenters. The van der Waals surface area contributed by atoms with Crippen LogP contribution in [0.5, 0.6) is 0 Å². The minimum atomic E-state index is -1.06. The van der Waals surface area contributed by atoms with Crippen molar-refractivity contribution in [1.82, 2.24) is 9.88 Å². The second kappa shape index (κ2) is 7.83. The van der Waals surface area contributed by atoms with Crippen molar-refractivity contribution >= 4 is 34.3 Å². The second-order valence-corrected chi connectivity index (χ2v) is 7.69. The van der Waals surface area contributed by atoms with Crippen LogP contribution in [0.3, 0.4) is 0 Å². The van der Waals surface area contributed by atoms with E-state index in [0.29, 0.717) is 22.3 Å². The number of hydrogen-bond acceptors (Lipinski definition) is 5. The highest BCUT2D eigenvalue weighted by atomic mass is 16.4. The number of rotatable bonds is 5. The lowest BCUT2D eigenvalue weighted by Crippen LogP contribution is -2.29. The van der Waals surface area contributed by atoms with Gasteiger partial charge in [-0.3, -0.25) is 9.59 Å². The van der Waals surface area contributed by atoms with E-state index in [9.17, 15) is 19.5 Å². The summed E-state index contributed by atoms with van der Waals surface area (Å²) in [6.45, 7) is 0.0283. The van der Waals surface area contributed by atoms with E-state index in [-0.39, 0.29) is 23.4 Å². The van der Waals surface area contributed by atoms with E-state index in [1.807, 2.05) is 24.3 Å². The molecule has 0 radical (unpaired) electrons. The number of aromatic carboxylic acids is 1. The van der Waals surface area contributed by atoms with Gasteiger partial charge in [-0.1, -0.05) is 30.3 Å². The van der Waals surface area contributed by atoms with Gasteiger partial charge in [0.25, 0.3) is 11.7 Å². The van der Waals surface area contributed by atoms with Crippen molar-refractivity contribution in [2.45, 2.75) is 12.6 Å². The Hall–Kier alpha value is -4.59. The monoisotopic (exact) mass is 442 g/mol. The molecule has 1 fully saturated rings. The maximum absolute atomic E-state index is 13.1. The van der Waals surface area contributed by atoms with Gasteiger partial charge in [-0.15, -0.1) is 0 Å². The Labute approximate surface area is 187 Å². The molecule has 8 nitrogen and oxygen atoms in total. The van der Waals surface area contributed by atoms with Crippen LogP contribution in [0, 0.1) is 0 Å². The molecule has 33 heavy (non-hydrogen) atoms. The third kappa shape index (κ3) is 3.38. The largest absolute Gasteiger partial charge is 0.507 e. The standard InChI is InChI=1S/C25H18N2O6/c28-22(17-12-26-18-5-2-1-4-16(17)18)20-21(19-6-3-11-33-19)27(24(30)23(20)29)13-14-7-9-15(10-8-14)25(31)32/h1-12,21,26,28H,13H2,(H,31,32)/b22-20-. The molecule has 1 aliphatic heterocycles. The lowest BCUT2D eigenvalue weighted by molar-refractivity contribution is -0.140. The quantitative estimate of drug-likeness (QED) is 0.243. The highest BCUT2D eigenvalue weighted by Gasteiger charge is 2.47. The number of H-pyrrole nitrogens is 1. The summed E-state index contributed by atoms with van der Waals surface area (Å²) in [6, 6.07) is 15.7. The molecule has 164 valence electrons. The smallest absolute Gasteiger partial charge is 0.335 e. The zero-order valence-corrected chi connectivity index (χ0v) is 17.2. The zero-order chi connectivity index (χ0) is 23.1. The number of para-hydroxylation sites is 1. The van der Waals surface area contributed by atoms with Gasteiger partial charge in [0, 0.05) is 29.2 Å². The lowest BCUT2D eigenvalue weighted by Gasteiger charge is -2.23. The molecule has 4 aromatic rings. The molecule has 3 N–H and O–H groups in total. The second-order valence-electron chi connectivity index (χ2n) is 7.69. The van der Waals surface area contributed by atoms with Crippen LogP contribution in [0.1, 0.15) is 33.3 Å². The molecule has 2 aromatic carbocycles. The number of furan rings is 1. The number of carboxylic acid groups (broad SMARTS) is 1. The van der Waals surface area contributed by atoms with Gasteiger partial charge >= 0.3 is 5.97 Å². The molecule has 1 saturated heterocycles. The molecule has 8 heteroatoms. The van der Waals surface area contributed by atoms with Gasteiger partial charge in [0.1, 0.15) is 17.6 Å². The Morgan fingerprint density at radius 2 is 1.76 bits per heavy atom. The number of aromatic nitrogens is 1. The summed E-state index contributed by atoms with van der Waals surface area (Å²) in [5.74, 6) is -2.62. The molecular weight excluding hydrogens is 424 g/mol. The molecule has 0 bridgehead atoms. The van der Waals surface area contributed by atoms with E-state index in [2.05, 4.69) is 4.98 Å². The van der Waals surface area contributed by atoms with E-state index in [4.69, 9.17) is 9.52 Å². The summed E-state index contributed by atoms with van der Waals surface area (Å²) in [5, 5.41) is 21.0. The predicted molar refractivity (Wildman–Crippen MR) is 118 cm³/mol. The first-order valence-corrected chi connectivity index (χ1v) is 10.2. The molecule has 0 aliphatic carbocycles. The first-order chi connectivity index (χ1) is 16.0. The van der Waals surface area contributed by atoms with Crippen molar-refractivity contribution in [3.8, 4) is 0 Å². The highest BCUT2D eigenvalue weighted by molar-refractivity contribution is 6.46. The molecule has 5 rings (SSSR count). The van der Waals surface area contributed by atoms with Crippen molar-refractivity contribution in [3.05, 3.63) is 101 Å². The Balaban J connectivity index is 1.61. The van der Waals surface area contributed by atoms with Crippen LogP contribution in [0.2, 0.25) is 0 Å². The van der Waals surface area contributed by atoms with Crippen LogP contribution in [0.4, 0.5) is 0 Å². The van der Waals surface area contributed by atoms with Crippen LogP contribution in [0.25, 0.3) is 16.7 Å². The van der Waals surface area contributed by atoms with E-state index in [1.54, 1.807) is 30.5 Å². The number of hydrogen-bond donors (Lipinski definition) is 3. The van der Waals surface area contributed by atoms with Crippen molar-refractivity contribution < 1.29 is 29.0 Å². The van der Waals surface area contributed by atoms with Gasteiger partial charge < -0.3 is 24.5 Å². The Kier molecular flexibility index (Phi) is 4.82. The summed E-state index contributed by atoms with van der Waals surface area (Å²) in [6.07, 6.45) is 3.03. The van der Waals surface area contributed by atoms with E-state index < -0.39 is 23.7 Å². The molecular formula is C25H18N2O6. The summed E-state index contributed by atoms with van der Waals surface area (Å²) in [7, 11) is 0. The fourth-order valence-corrected chi connectivity index (χ4v) is 4.15. The molecule has 1 atom stereocenters. The molecule has 1 amide bonds. The summed E-state index contributed by atoms with van der Waals surface area (Å²) < 4.78 is 5.54. The van der Waals surface area contributed by atoms with Gasteiger partial charge in [-0.05, 0) is 35.9 Å². The van der Waals surface area contributed by atoms with Crippen molar-refractivity contribution in [3.63, 3.8) is 0 Å². The summed E-state index contributed by atoms with van der Waals surface area (Å²) in [5.41, 5.74) is 1.86. The maximum atomic E-state index is 13.1. The van der Waals surface area contributed by atoms with Crippen LogP contribution in [0.15, 0.2) is 83.1 Å². The third-order valence-corrected chi connectivity index (χ3v) is 5.75. The number of nitrogens with zero attached hydrogens (tertiary/aromatic N) is 1. The minimum absolute atomic E-state index is 0.0283. The molecule has 3 heterocycles. The Bertz CT molecular complexity index is 1410.